The molecule has 1 heterocycles. The summed E-state index contributed by atoms with van der Waals surface area (Å²) in [4.78, 5) is 7.67. The van der Waals surface area contributed by atoms with E-state index in [0.717, 1.165) is 0 Å². The van der Waals surface area contributed by atoms with E-state index < -0.39 is 0 Å². The Labute approximate surface area is 65.3 Å². The number of rotatable bonds is 2. The fourth-order valence-electron chi connectivity index (χ4n) is 0.733. The minimum atomic E-state index is 0.375. The van der Waals surface area contributed by atoms with E-state index in [9.17, 15) is 0 Å². The molecule has 1 aliphatic heterocycles. The Morgan fingerprint density at radius 3 is 3.18 bits per heavy atom. The SMILES string of the molecule is C/N=C\C(OC)=C1\C=NCO1. The normalized spacial score (nSPS) is 20.5. The molecule has 0 spiro atoms. The summed E-state index contributed by atoms with van der Waals surface area (Å²) in [7, 11) is 3.24. The van der Waals surface area contributed by atoms with Crippen LogP contribution >= 0.6 is 0 Å². The maximum absolute atomic E-state index is 5.10. The van der Waals surface area contributed by atoms with Crippen LogP contribution in [-0.4, -0.2) is 33.3 Å². The summed E-state index contributed by atoms with van der Waals surface area (Å²) in [5.74, 6) is 1.24. The van der Waals surface area contributed by atoms with Gasteiger partial charge in [-0.05, 0) is 0 Å². The van der Waals surface area contributed by atoms with Gasteiger partial charge in [0.05, 0.1) is 19.5 Å². The topological polar surface area (TPSA) is 43.2 Å². The summed E-state index contributed by atoms with van der Waals surface area (Å²) in [6.45, 7) is 0.375. The maximum atomic E-state index is 5.10. The smallest absolute Gasteiger partial charge is 0.183 e. The van der Waals surface area contributed by atoms with Gasteiger partial charge in [0.1, 0.15) is 0 Å². The zero-order chi connectivity index (χ0) is 8.10. The van der Waals surface area contributed by atoms with Crippen molar-refractivity contribution in [2.24, 2.45) is 9.98 Å². The number of hydrogen-bond donors (Lipinski definition) is 0. The average molecular weight is 154 g/mol. The molecule has 0 aliphatic carbocycles. The van der Waals surface area contributed by atoms with Gasteiger partial charge < -0.3 is 9.47 Å². The van der Waals surface area contributed by atoms with E-state index in [0.29, 0.717) is 18.2 Å². The highest BCUT2D eigenvalue weighted by molar-refractivity contribution is 5.88. The van der Waals surface area contributed by atoms with Crippen molar-refractivity contribution in [3.05, 3.63) is 11.5 Å². The molecule has 1 rings (SSSR count). The predicted molar refractivity (Wildman–Crippen MR) is 42.9 cm³/mol. The van der Waals surface area contributed by atoms with Crippen molar-refractivity contribution in [3.63, 3.8) is 0 Å². The Balaban J connectivity index is 2.79. The lowest BCUT2D eigenvalue weighted by Gasteiger charge is -2.01. The number of aliphatic imine (C=N–C) groups is 2. The highest BCUT2D eigenvalue weighted by Gasteiger charge is 2.07. The van der Waals surface area contributed by atoms with Gasteiger partial charge in [0.15, 0.2) is 18.2 Å². The molecule has 60 valence electrons. The molecule has 0 unspecified atom stereocenters. The van der Waals surface area contributed by atoms with Gasteiger partial charge in [0.25, 0.3) is 0 Å². The third kappa shape index (κ3) is 1.80. The lowest BCUT2D eigenvalue weighted by molar-refractivity contribution is 0.227. The molecule has 0 atom stereocenters. The van der Waals surface area contributed by atoms with E-state index in [2.05, 4.69) is 9.98 Å². The molecule has 0 amide bonds. The number of allylic oxidation sites excluding steroid dienone is 2. The van der Waals surface area contributed by atoms with Crippen LogP contribution in [0.15, 0.2) is 21.5 Å². The second-order valence-electron chi connectivity index (χ2n) is 1.91. The molecule has 0 aromatic carbocycles. The van der Waals surface area contributed by atoms with Crippen molar-refractivity contribution in [1.82, 2.24) is 0 Å². The number of hydrogen-bond acceptors (Lipinski definition) is 4. The third-order valence-electron chi connectivity index (χ3n) is 1.21. The third-order valence-corrected chi connectivity index (χ3v) is 1.21. The molecular weight excluding hydrogens is 144 g/mol. The zero-order valence-corrected chi connectivity index (χ0v) is 6.57. The summed E-state index contributed by atoms with van der Waals surface area (Å²) in [5.41, 5.74) is 0. The largest absolute Gasteiger partial charge is 0.491 e. The molecular formula is C7H10N2O2. The molecule has 0 aromatic rings. The first kappa shape index (κ1) is 7.78. The Morgan fingerprint density at radius 2 is 2.73 bits per heavy atom. The molecule has 0 fully saturated rings. The van der Waals surface area contributed by atoms with Crippen molar-refractivity contribution < 1.29 is 9.47 Å². The molecule has 0 saturated heterocycles. The first-order valence-corrected chi connectivity index (χ1v) is 3.21. The summed E-state index contributed by atoms with van der Waals surface area (Å²) < 4.78 is 10.1. The summed E-state index contributed by atoms with van der Waals surface area (Å²) in [5, 5.41) is 0. The van der Waals surface area contributed by atoms with E-state index in [4.69, 9.17) is 9.47 Å². The molecule has 0 bridgehead atoms. The molecule has 1 aliphatic rings. The van der Waals surface area contributed by atoms with Gasteiger partial charge in [-0.25, -0.2) is 4.99 Å². The Kier molecular flexibility index (Phi) is 2.66. The van der Waals surface area contributed by atoms with Gasteiger partial charge in [-0.15, -0.1) is 0 Å². The fraction of sp³-hybridized carbons (Fsp3) is 0.429. The second kappa shape index (κ2) is 3.75. The molecule has 0 N–H and O–H groups in total. The van der Waals surface area contributed by atoms with E-state index in [1.165, 1.54) is 0 Å². The van der Waals surface area contributed by atoms with Crippen molar-refractivity contribution >= 4 is 12.4 Å². The lowest BCUT2D eigenvalue weighted by atomic mass is 10.4. The second-order valence-corrected chi connectivity index (χ2v) is 1.91. The molecule has 0 aromatic heterocycles. The summed E-state index contributed by atoms with van der Waals surface area (Å²) in [6, 6.07) is 0. The van der Waals surface area contributed by atoms with Crippen LogP contribution in [0.1, 0.15) is 0 Å². The highest BCUT2D eigenvalue weighted by Crippen LogP contribution is 2.07. The van der Waals surface area contributed by atoms with Crippen LogP contribution in [0.4, 0.5) is 0 Å². The molecule has 11 heavy (non-hydrogen) atoms. The van der Waals surface area contributed by atoms with Crippen molar-refractivity contribution in [2.75, 3.05) is 20.9 Å². The zero-order valence-electron chi connectivity index (χ0n) is 6.57. The van der Waals surface area contributed by atoms with Crippen LogP contribution < -0.4 is 0 Å². The van der Waals surface area contributed by atoms with Crippen LogP contribution in [0.5, 0.6) is 0 Å². The average Bonchev–Trinajstić information content (AvgIpc) is 2.52. The van der Waals surface area contributed by atoms with Crippen LogP contribution in [0.3, 0.4) is 0 Å². The Bertz CT molecular complexity index is 218. The first-order chi connectivity index (χ1) is 5.38. The van der Waals surface area contributed by atoms with Crippen LogP contribution in [0.25, 0.3) is 0 Å². The van der Waals surface area contributed by atoms with Gasteiger partial charge >= 0.3 is 0 Å². The molecule has 4 heteroatoms. The number of ether oxygens (including phenoxy) is 2. The number of methoxy groups -OCH3 is 1. The Morgan fingerprint density at radius 1 is 1.91 bits per heavy atom. The minimum Gasteiger partial charge on any atom is -0.491 e. The van der Waals surface area contributed by atoms with Crippen LogP contribution in [0, 0.1) is 0 Å². The van der Waals surface area contributed by atoms with Gasteiger partial charge in [0, 0.05) is 7.05 Å². The fourth-order valence-corrected chi connectivity index (χ4v) is 0.733. The summed E-state index contributed by atoms with van der Waals surface area (Å²) in [6.07, 6.45) is 3.22. The monoisotopic (exact) mass is 154 g/mol. The van der Waals surface area contributed by atoms with Crippen LogP contribution in [0.2, 0.25) is 0 Å². The van der Waals surface area contributed by atoms with Crippen LogP contribution in [-0.2, 0) is 9.47 Å². The standard InChI is InChI=1S/C7H10N2O2/c1-8-3-6(10-2)7-4-9-5-11-7/h3-4H,5H2,1-2H3/b7-6+,8-3-. The van der Waals surface area contributed by atoms with E-state index in [-0.39, 0.29) is 0 Å². The van der Waals surface area contributed by atoms with Gasteiger partial charge in [0.2, 0.25) is 0 Å². The minimum absolute atomic E-state index is 0.375. The highest BCUT2D eigenvalue weighted by atomic mass is 16.5. The maximum Gasteiger partial charge on any atom is 0.183 e. The van der Waals surface area contributed by atoms with E-state index >= 15 is 0 Å². The lowest BCUT2D eigenvalue weighted by Crippen LogP contribution is -1.97. The van der Waals surface area contributed by atoms with Gasteiger partial charge in [-0.3, -0.25) is 4.99 Å². The molecule has 4 nitrogen and oxygen atoms in total. The first-order valence-electron chi connectivity index (χ1n) is 3.21. The van der Waals surface area contributed by atoms with Crippen molar-refractivity contribution in [2.45, 2.75) is 0 Å². The summed E-state index contributed by atoms with van der Waals surface area (Å²) >= 11 is 0. The molecule has 0 saturated carbocycles. The van der Waals surface area contributed by atoms with Crippen molar-refractivity contribution in [3.8, 4) is 0 Å². The Hall–Kier alpha value is -1.32. The van der Waals surface area contributed by atoms with Crippen molar-refractivity contribution in [1.29, 1.82) is 0 Å². The quantitative estimate of drug-likeness (QED) is 0.432. The number of nitrogens with zero attached hydrogens (tertiary/aromatic N) is 2. The molecule has 0 radical (unpaired) electrons. The van der Waals surface area contributed by atoms with E-state index in [1.54, 1.807) is 26.6 Å². The van der Waals surface area contributed by atoms with Gasteiger partial charge in [-0.1, -0.05) is 0 Å². The predicted octanol–water partition coefficient (Wildman–Crippen LogP) is 0.604. The van der Waals surface area contributed by atoms with Gasteiger partial charge in [-0.2, -0.15) is 0 Å². The van der Waals surface area contributed by atoms with E-state index in [1.807, 2.05) is 0 Å².